The van der Waals surface area contributed by atoms with Crippen LogP contribution in [0.25, 0.3) is 0 Å². The Kier molecular flexibility index (Phi) is 6.07. The van der Waals surface area contributed by atoms with Crippen molar-refractivity contribution in [2.75, 3.05) is 26.3 Å². The maximum atomic E-state index is 12.0. The van der Waals surface area contributed by atoms with Crippen LogP contribution in [0.2, 0.25) is 0 Å². The summed E-state index contributed by atoms with van der Waals surface area (Å²) >= 11 is 0. The first-order valence-corrected chi connectivity index (χ1v) is 7.50. The SMILES string of the molecule is CC(OCC1CCCCO1)C(=O)NC1CCCNC1. The van der Waals surface area contributed by atoms with E-state index in [2.05, 4.69) is 10.6 Å². The van der Waals surface area contributed by atoms with Crippen LogP contribution in [-0.4, -0.2) is 50.5 Å². The molecule has 3 atom stereocenters. The van der Waals surface area contributed by atoms with Gasteiger partial charge < -0.3 is 20.1 Å². The van der Waals surface area contributed by atoms with Gasteiger partial charge in [0.2, 0.25) is 5.91 Å². The van der Waals surface area contributed by atoms with Crippen molar-refractivity contribution in [3.05, 3.63) is 0 Å². The lowest BCUT2D eigenvalue weighted by molar-refractivity contribution is -0.136. The highest BCUT2D eigenvalue weighted by Crippen LogP contribution is 2.13. The minimum atomic E-state index is -0.396. The largest absolute Gasteiger partial charge is 0.376 e. The predicted octanol–water partition coefficient (Wildman–Crippen LogP) is 0.829. The molecule has 1 amide bonds. The third-order valence-corrected chi connectivity index (χ3v) is 3.82. The molecule has 5 heteroatoms. The fourth-order valence-electron chi connectivity index (χ4n) is 2.56. The topological polar surface area (TPSA) is 59.6 Å². The lowest BCUT2D eigenvalue weighted by atomic mass is 10.1. The van der Waals surface area contributed by atoms with Gasteiger partial charge in [-0.05, 0) is 45.6 Å². The zero-order chi connectivity index (χ0) is 13.5. The molecular formula is C14H26N2O3. The highest BCUT2D eigenvalue weighted by atomic mass is 16.5. The van der Waals surface area contributed by atoms with Gasteiger partial charge in [0.05, 0.1) is 12.7 Å². The van der Waals surface area contributed by atoms with Crippen molar-refractivity contribution in [3.63, 3.8) is 0 Å². The first kappa shape index (κ1) is 14.8. The average molecular weight is 270 g/mol. The molecule has 2 rings (SSSR count). The molecule has 0 aliphatic carbocycles. The Morgan fingerprint density at radius 3 is 3.00 bits per heavy atom. The molecule has 0 aromatic rings. The van der Waals surface area contributed by atoms with Gasteiger partial charge in [-0.3, -0.25) is 4.79 Å². The van der Waals surface area contributed by atoms with E-state index in [1.54, 1.807) is 0 Å². The number of hydrogen-bond acceptors (Lipinski definition) is 4. The fourth-order valence-corrected chi connectivity index (χ4v) is 2.56. The number of nitrogens with one attached hydrogen (secondary N) is 2. The van der Waals surface area contributed by atoms with Crippen molar-refractivity contribution in [2.24, 2.45) is 0 Å². The van der Waals surface area contributed by atoms with Crippen LogP contribution in [0.4, 0.5) is 0 Å². The Bertz CT molecular complexity index is 274. The summed E-state index contributed by atoms with van der Waals surface area (Å²) in [5.41, 5.74) is 0. The normalized spacial score (nSPS) is 29.7. The highest BCUT2D eigenvalue weighted by Gasteiger charge is 2.21. The molecule has 2 aliphatic heterocycles. The number of piperidine rings is 1. The summed E-state index contributed by atoms with van der Waals surface area (Å²) in [5.74, 6) is -0.00971. The molecule has 110 valence electrons. The zero-order valence-corrected chi connectivity index (χ0v) is 11.8. The molecule has 5 nitrogen and oxygen atoms in total. The van der Waals surface area contributed by atoms with Crippen molar-refractivity contribution >= 4 is 5.91 Å². The van der Waals surface area contributed by atoms with E-state index in [9.17, 15) is 4.79 Å². The van der Waals surface area contributed by atoms with Gasteiger partial charge in [-0.25, -0.2) is 0 Å². The summed E-state index contributed by atoms with van der Waals surface area (Å²) in [4.78, 5) is 12.0. The van der Waals surface area contributed by atoms with Crippen LogP contribution < -0.4 is 10.6 Å². The van der Waals surface area contributed by atoms with E-state index in [-0.39, 0.29) is 18.1 Å². The fraction of sp³-hybridized carbons (Fsp3) is 0.929. The maximum Gasteiger partial charge on any atom is 0.249 e. The summed E-state index contributed by atoms with van der Waals surface area (Å²) in [5, 5.41) is 6.33. The Morgan fingerprint density at radius 2 is 2.32 bits per heavy atom. The van der Waals surface area contributed by atoms with Crippen molar-refractivity contribution < 1.29 is 14.3 Å². The Hall–Kier alpha value is -0.650. The number of carbonyl (C=O) groups is 1. The van der Waals surface area contributed by atoms with Gasteiger partial charge in [-0.1, -0.05) is 0 Å². The molecule has 2 saturated heterocycles. The second-order valence-electron chi connectivity index (χ2n) is 5.52. The molecule has 0 spiro atoms. The van der Waals surface area contributed by atoms with E-state index < -0.39 is 6.10 Å². The second-order valence-corrected chi connectivity index (χ2v) is 5.52. The van der Waals surface area contributed by atoms with Gasteiger partial charge in [-0.15, -0.1) is 0 Å². The molecule has 0 aromatic carbocycles. The minimum absolute atomic E-state index is 0.00971. The first-order valence-electron chi connectivity index (χ1n) is 7.50. The minimum Gasteiger partial charge on any atom is -0.376 e. The number of hydrogen-bond donors (Lipinski definition) is 2. The summed E-state index contributed by atoms with van der Waals surface area (Å²) in [6.07, 6.45) is 5.32. The van der Waals surface area contributed by atoms with Crippen LogP contribution in [0.3, 0.4) is 0 Å². The third kappa shape index (κ3) is 5.09. The molecule has 2 heterocycles. The number of rotatable bonds is 5. The van der Waals surface area contributed by atoms with E-state index in [0.29, 0.717) is 6.61 Å². The van der Waals surface area contributed by atoms with Crippen LogP contribution in [0.15, 0.2) is 0 Å². The van der Waals surface area contributed by atoms with Gasteiger partial charge in [0, 0.05) is 19.2 Å². The number of amides is 1. The monoisotopic (exact) mass is 270 g/mol. The molecule has 19 heavy (non-hydrogen) atoms. The van der Waals surface area contributed by atoms with Crippen LogP contribution in [0.5, 0.6) is 0 Å². The third-order valence-electron chi connectivity index (χ3n) is 3.82. The molecular weight excluding hydrogens is 244 g/mol. The van der Waals surface area contributed by atoms with Crippen molar-refractivity contribution in [3.8, 4) is 0 Å². The number of carbonyl (C=O) groups excluding carboxylic acids is 1. The van der Waals surface area contributed by atoms with Gasteiger partial charge >= 0.3 is 0 Å². The molecule has 0 saturated carbocycles. The number of ether oxygens (including phenoxy) is 2. The highest BCUT2D eigenvalue weighted by molar-refractivity contribution is 5.80. The van der Waals surface area contributed by atoms with Crippen molar-refractivity contribution in [1.82, 2.24) is 10.6 Å². The Labute approximate surface area is 115 Å². The molecule has 0 bridgehead atoms. The zero-order valence-electron chi connectivity index (χ0n) is 11.8. The Morgan fingerprint density at radius 1 is 1.42 bits per heavy atom. The van der Waals surface area contributed by atoms with E-state index in [1.807, 2.05) is 6.92 Å². The maximum absolute atomic E-state index is 12.0. The Balaban J connectivity index is 1.63. The molecule has 0 radical (unpaired) electrons. The summed E-state index contributed by atoms with van der Waals surface area (Å²) in [7, 11) is 0. The molecule has 0 aromatic heterocycles. The standard InChI is InChI=1S/C14H26N2O3/c1-11(19-10-13-6-2-3-8-18-13)14(17)16-12-5-4-7-15-9-12/h11-13,15H,2-10H2,1H3,(H,16,17). The van der Waals surface area contributed by atoms with Gasteiger partial charge in [0.15, 0.2) is 0 Å². The van der Waals surface area contributed by atoms with Gasteiger partial charge in [0.25, 0.3) is 0 Å². The van der Waals surface area contributed by atoms with Crippen molar-refractivity contribution in [2.45, 2.75) is 57.3 Å². The lowest BCUT2D eigenvalue weighted by Gasteiger charge is -2.27. The van der Waals surface area contributed by atoms with E-state index in [4.69, 9.17) is 9.47 Å². The molecule has 3 unspecified atom stereocenters. The van der Waals surface area contributed by atoms with E-state index in [1.165, 1.54) is 6.42 Å². The predicted molar refractivity (Wildman–Crippen MR) is 73.0 cm³/mol. The lowest BCUT2D eigenvalue weighted by Crippen LogP contribution is -2.49. The van der Waals surface area contributed by atoms with Crippen LogP contribution in [0.1, 0.15) is 39.0 Å². The van der Waals surface area contributed by atoms with Crippen LogP contribution in [0, 0.1) is 0 Å². The van der Waals surface area contributed by atoms with Crippen LogP contribution in [-0.2, 0) is 14.3 Å². The van der Waals surface area contributed by atoms with Gasteiger partial charge in [-0.2, -0.15) is 0 Å². The van der Waals surface area contributed by atoms with Crippen LogP contribution >= 0.6 is 0 Å². The molecule has 2 fully saturated rings. The van der Waals surface area contributed by atoms with E-state index in [0.717, 1.165) is 45.4 Å². The summed E-state index contributed by atoms with van der Waals surface area (Å²) < 4.78 is 11.2. The second kappa shape index (κ2) is 7.82. The molecule has 2 aliphatic rings. The quantitative estimate of drug-likeness (QED) is 0.777. The first-order chi connectivity index (χ1) is 9.25. The van der Waals surface area contributed by atoms with Gasteiger partial charge in [0.1, 0.15) is 6.10 Å². The average Bonchev–Trinajstić information content (AvgIpc) is 2.47. The summed E-state index contributed by atoms with van der Waals surface area (Å²) in [6, 6.07) is 0.248. The van der Waals surface area contributed by atoms with E-state index >= 15 is 0 Å². The van der Waals surface area contributed by atoms with Crippen molar-refractivity contribution in [1.29, 1.82) is 0 Å². The summed E-state index contributed by atoms with van der Waals surface area (Å²) in [6.45, 7) is 5.08. The molecule has 2 N–H and O–H groups in total. The smallest absolute Gasteiger partial charge is 0.249 e.